The zero-order valence-corrected chi connectivity index (χ0v) is 14.7. The number of piperidine rings is 1. The first-order valence-corrected chi connectivity index (χ1v) is 8.11. The van der Waals surface area contributed by atoms with Crippen molar-refractivity contribution in [2.24, 2.45) is 0 Å². The SMILES string of the molecule is CC1CC(NC(=O)CC2CSCCN2)CCN1C.Cl.Cl. The van der Waals surface area contributed by atoms with Crippen LogP contribution in [0.2, 0.25) is 0 Å². The second kappa shape index (κ2) is 10.1. The van der Waals surface area contributed by atoms with Crippen LogP contribution >= 0.6 is 36.6 Å². The molecule has 120 valence electrons. The van der Waals surface area contributed by atoms with Crippen LogP contribution in [0, 0.1) is 0 Å². The standard InChI is InChI=1S/C13H25N3OS.2ClH/c1-10-7-11(3-5-16(10)2)15-13(17)8-12-9-18-6-4-14-12;;/h10-12,14H,3-9H2,1-2H3,(H,15,17);2*1H. The van der Waals surface area contributed by atoms with Crippen molar-refractivity contribution in [2.75, 3.05) is 31.6 Å². The number of thioether (sulfide) groups is 1. The van der Waals surface area contributed by atoms with Crippen molar-refractivity contribution < 1.29 is 4.79 Å². The maximum absolute atomic E-state index is 12.0. The summed E-state index contributed by atoms with van der Waals surface area (Å²) in [5.41, 5.74) is 0. The molecule has 0 saturated carbocycles. The van der Waals surface area contributed by atoms with Gasteiger partial charge in [0.1, 0.15) is 0 Å². The molecule has 0 aromatic rings. The minimum absolute atomic E-state index is 0. The topological polar surface area (TPSA) is 44.4 Å². The van der Waals surface area contributed by atoms with E-state index in [-0.39, 0.29) is 30.7 Å². The molecule has 0 radical (unpaired) electrons. The Morgan fingerprint density at radius 2 is 2.20 bits per heavy atom. The van der Waals surface area contributed by atoms with E-state index in [0.717, 1.165) is 31.7 Å². The highest BCUT2D eigenvalue weighted by Crippen LogP contribution is 2.16. The Morgan fingerprint density at radius 3 is 2.80 bits per heavy atom. The Labute approximate surface area is 139 Å². The Hall–Kier alpha value is 0.320. The largest absolute Gasteiger partial charge is 0.353 e. The summed E-state index contributed by atoms with van der Waals surface area (Å²) in [6.07, 6.45) is 2.79. The molecule has 0 bridgehead atoms. The van der Waals surface area contributed by atoms with Gasteiger partial charge in [0.15, 0.2) is 0 Å². The van der Waals surface area contributed by atoms with E-state index in [2.05, 4.69) is 29.5 Å². The molecule has 2 aliphatic rings. The molecule has 2 N–H and O–H groups in total. The predicted octanol–water partition coefficient (Wildman–Crippen LogP) is 1.52. The fourth-order valence-electron chi connectivity index (χ4n) is 2.68. The number of carbonyl (C=O) groups is 1. The van der Waals surface area contributed by atoms with Crippen molar-refractivity contribution in [3.63, 3.8) is 0 Å². The molecule has 2 rings (SSSR count). The van der Waals surface area contributed by atoms with Crippen molar-refractivity contribution in [1.82, 2.24) is 15.5 Å². The number of carbonyl (C=O) groups excluding carboxylic acids is 1. The first-order chi connectivity index (χ1) is 8.65. The van der Waals surface area contributed by atoms with Gasteiger partial charge in [-0.2, -0.15) is 11.8 Å². The third kappa shape index (κ3) is 6.39. The van der Waals surface area contributed by atoms with E-state index in [0.29, 0.717) is 24.5 Å². The molecule has 0 spiro atoms. The molecule has 2 aliphatic heterocycles. The van der Waals surface area contributed by atoms with E-state index in [1.807, 2.05) is 11.8 Å². The molecule has 7 heteroatoms. The van der Waals surface area contributed by atoms with Gasteiger partial charge >= 0.3 is 0 Å². The molecule has 4 nitrogen and oxygen atoms in total. The summed E-state index contributed by atoms with van der Waals surface area (Å²) in [5.74, 6) is 2.46. The van der Waals surface area contributed by atoms with Gasteiger partial charge in [-0.25, -0.2) is 0 Å². The van der Waals surface area contributed by atoms with Crippen molar-refractivity contribution in [3.05, 3.63) is 0 Å². The third-order valence-corrected chi connectivity index (χ3v) is 5.13. The molecule has 1 amide bonds. The van der Waals surface area contributed by atoms with Gasteiger partial charge in [0.25, 0.3) is 0 Å². The van der Waals surface area contributed by atoms with E-state index >= 15 is 0 Å². The average Bonchev–Trinajstić information content (AvgIpc) is 2.35. The van der Waals surface area contributed by atoms with Gasteiger partial charge < -0.3 is 15.5 Å². The zero-order valence-electron chi connectivity index (χ0n) is 12.3. The van der Waals surface area contributed by atoms with E-state index in [9.17, 15) is 4.79 Å². The highest BCUT2D eigenvalue weighted by atomic mass is 35.5. The number of hydrogen-bond acceptors (Lipinski definition) is 4. The van der Waals surface area contributed by atoms with Crippen molar-refractivity contribution in [1.29, 1.82) is 0 Å². The minimum Gasteiger partial charge on any atom is -0.353 e. The maximum Gasteiger partial charge on any atom is 0.221 e. The summed E-state index contributed by atoms with van der Waals surface area (Å²) >= 11 is 1.94. The molecular formula is C13H27Cl2N3OS. The third-order valence-electron chi connectivity index (χ3n) is 4.00. The highest BCUT2D eigenvalue weighted by Gasteiger charge is 2.25. The van der Waals surface area contributed by atoms with E-state index < -0.39 is 0 Å². The summed E-state index contributed by atoms with van der Waals surface area (Å²) in [6.45, 7) is 4.36. The summed E-state index contributed by atoms with van der Waals surface area (Å²) in [4.78, 5) is 14.4. The Balaban J connectivity index is 0.00000180. The number of hydrogen-bond donors (Lipinski definition) is 2. The molecule has 3 unspecified atom stereocenters. The number of halogens is 2. The molecular weight excluding hydrogens is 317 g/mol. The van der Waals surface area contributed by atoms with Gasteiger partial charge in [0.2, 0.25) is 5.91 Å². The van der Waals surface area contributed by atoms with Gasteiger partial charge in [-0.05, 0) is 26.8 Å². The van der Waals surface area contributed by atoms with Crippen LogP contribution in [-0.2, 0) is 4.79 Å². The van der Waals surface area contributed by atoms with Crippen molar-refractivity contribution in [3.8, 4) is 0 Å². The van der Waals surface area contributed by atoms with E-state index in [1.165, 1.54) is 5.75 Å². The Bertz CT molecular complexity index is 291. The number of nitrogens with one attached hydrogen (secondary N) is 2. The van der Waals surface area contributed by atoms with Crippen LogP contribution in [0.5, 0.6) is 0 Å². The van der Waals surface area contributed by atoms with Crippen molar-refractivity contribution >= 4 is 42.5 Å². The van der Waals surface area contributed by atoms with Crippen LogP contribution < -0.4 is 10.6 Å². The van der Waals surface area contributed by atoms with Gasteiger partial charge in [-0.15, -0.1) is 24.8 Å². The highest BCUT2D eigenvalue weighted by molar-refractivity contribution is 7.99. The molecule has 0 aliphatic carbocycles. The Morgan fingerprint density at radius 1 is 1.45 bits per heavy atom. The van der Waals surface area contributed by atoms with E-state index in [4.69, 9.17) is 0 Å². The van der Waals surface area contributed by atoms with Gasteiger partial charge in [0.05, 0.1) is 0 Å². The molecule has 0 aromatic carbocycles. The van der Waals surface area contributed by atoms with Crippen LogP contribution in [-0.4, -0.2) is 60.6 Å². The fourth-order valence-corrected chi connectivity index (χ4v) is 3.63. The molecule has 2 heterocycles. The Kier molecular flexibility index (Phi) is 10.3. The lowest BCUT2D eigenvalue weighted by Gasteiger charge is -2.35. The quantitative estimate of drug-likeness (QED) is 0.815. The maximum atomic E-state index is 12.0. The predicted molar refractivity (Wildman–Crippen MR) is 91.5 cm³/mol. The van der Waals surface area contributed by atoms with Crippen LogP contribution in [0.3, 0.4) is 0 Å². The number of amides is 1. The fraction of sp³-hybridized carbons (Fsp3) is 0.923. The number of nitrogens with zero attached hydrogens (tertiary/aromatic N) is 1. The lowest BCUT2D eigenvalue weighted by molar-refractivity contribution is -0.122. The van der Waals surface area contributed by atoms with Crippen molar-refractivity contribution in [2.45, 2.75) is 44.3 Å². The van der Waals surface area contributed by atoms with Gasteiger partial charge in [-0.1, -0.05) is 0 Å². The number of rotatable bonds is 3. The zero-order chi connectivity index (χ0) is 13.0. The lowest BCUT2D eigenvalue weighted by atomic mass is 9.98. The molecule has 20 heavy (non-hydrogen) atoms. The number of likely N-dealkylation sites (tertiary alicyclic amines) is 1. The smallest absolute Gasteiger partial charge is 0.221 e. The second-order valence-electron chi connectivity index (χ2n) is 5.55. The molecule has 0 aromatic heterocycles. The molecule has 3 atom stereocenters. The van der Waals surface area contributed by atoms with Gasteiger partial charge in [-0.3, -0.25) is 4.79 Å². The van der Waals surface area contributed by atoms with Crippen LogP contribution in [0.1, 0.15) is 26.2 Å². The summed E-state index contributed by atoms with van der Waals surface area (Å²) < 4.78 is 0. The van der Waals surface area contributed by atoms with Crippen LogP contribution in [0.4, 0.5) is 0 Å². The summed E-state index contributed by atoms with van der Waals surface area (Å²) in [5, 5.41) is 6.62. The van der Waals surface area contributed by atoms with Gasteiger partial charge in [0, 0.05) is 49.1 Å². The van der Waals surface area contributed by atoms with E-state index in [1.54, 1.807) is 0 Å². The summed E-state index contributed by atoms with van der Waals surface area (Å²) in [6, 6.07) is 1.32. The van der Waals surface area contributed by atoms with Crippen LogP contribution in [0.15, 0.2) is 0 Å². The molecule has 2 fully saturated rings. The normalized spacial score (nSPS) is 30.8. The lowest BCUT2D eigenvalue weighted by Crippen LogP contribution is -2.49. The molecule has 2 saturated heterocycles. The minimum atomic E-state index is 0. The second-order valence-corrected chi connectivity index (χ2v) is 6.70. The first kappa shape index (κ1) is 20.3. The first-order valence-electron chi connectivity index (χ1n) is 6.96. The van der Waals surface area contributed by atoms with Crippen LogP contribution in [0.25, 0.3) is 0 Å². The monoisotopic (exact) mass is 343 g/mol. The average molecular weight is 344 g/mol. The summed E-state index contributed by atoms with van der Waals surface area (Å²) in [7, 11) is 2.16.